The molecule has 0 saturated heterocycles. The molecule has 0 fully saturated rings. The normalized spacial score (nSPS) is 14.2. The molecular formula is C16H16BrFO. The second-order valence-electron chi connectivity index (χ2n) is 5.00. The molecule has 3 heteroatoms. The average Bonchev–Trinajstić information content (AvgIpc) is 2.33. The number of benzene rings is 2. The molecule has 0 aromatic heterocycles. The summed E-state index contributed by atoms with van der Waals surface area (Å²) < 4.78 is 14.6. The summed E-state index contributed by atoms with van der Waals surface area (Å²) in [6.45, 7) is 3.67. The van der Waals surface area contributed by atoms with Crippen molar-refractivity contribution in [3.63, 3.8) is 0 Å². The quantitative estimate of drug-likeness (QED) is 0.890. The van der Waals surface area contributed by atoms with Gasteiger partial charge < -0.3 is 5.11 Å². The minimum Gasteiger partial charge on any atom is -0.385 e. The van der Waals surface area contributed by atoms with E-state index in [0.717, 1.165) is 11.1 Å². The summed E-state index contributed by atoms with van der Waals surface area (Å²) in [5.74, 6) is -0.303. The molecule has 0 amide bonds. The molecule has 1 atom stereocenters. The van der Waals surface area contributed by atoms with E-state index in [0.29, 0.717) is 10.0 Å². The third kappa shape index (κ3) is 3.23. The Labute approximate surface area is 121 Å². The Bertz CT molecular complexity index is 593. The average molecular weight is 323 g/mol. The lowest BCUT2D eigenvalue weighted by Crippen LogP contribution is -2.25. The third-order valence-electron chi connectivity index (χ3n) is 3.28. The van der Waals surface area contributed by atoms with Crippen molar-refractivity contribution in [1.29, 1.82) is 0 Å². The van der Waals surface area contributed by atoms with Crippen LogP contribution in [-0.4, -0.2) is 5.11 Å². The molecule has 0 saturated carbocycles. The van der Waals surface area contributed by atoms with Gasteiger partial charge in [-0.25, -0.2) is 4.39 Å². The van der Waals surface area contributed by atoms with Crippen LogP contribution in [0.1, 0.15) is 23.6 Å². The third-order valence-corrected chi connectivity index (χ3v) is 3.77. The zero-order valence-corrected chi connectivity index (χ0v) is 12.5. The van der Waals surface area contributed by atoms with E-state index in [-0.39, 0.29) is 12.2 Å². The maximum atomic E-state index is 13.9. The molecule has 1 N–H and O–H groups in total. The smallest absolute Gasteiger partial charge is 0.127 e. The first-order valence-corrected chi connectivity index (χ1v) is 6.92. The van der Waals surface area contributed by atoms with Crippen molar-refractivity contribution in [2.24, 2.45) is 0 Å². The summed E-state index contributed by atoms with van der Waals surface area (Å²) in [6, 6.07) is 12.5. The van der Waals surface area contributed by atoms with Gasteiger partial charge in [0.15, 0.2) is 0 Å². The van der Waals surface area contributed by atoms with Gasteiger partial charge in [-0.3, -0.25) is 0 Å². The molecular weight excluding hydrogens is 307 g/mol. The Kier molecular flexibility index (Phi) is 4.07. The van der Waals surface area contributed by atoms with Crippen molar-refractivity contribution >= 4 is 15.9 Å². The first-order chi connectivity index (χ1) is 8.90. The molecule has 1 nitrogen and oxygen atoms in total. The van der Waals surface area contributed by atoms with E-state index in [1.165, 1.54) is 6.07 Å². The van der Waals surface area contributed by atoms with E-state index in [9.17, 15) is 9.50 Å². The van der Waals surface area contributed by atoms with Crippen LogP contribution in [0.4, 0.5) is 4.39 Å². The summed E-state index contributed by atoms with van der Waals surface area (Å²) in [7, 11) is 0. The molecule has 1 unspecified atom stereocenters. The van der Waals surface area contributed by atoms with Gasteiger partial charge in [0, 0.05) is 10.9 Å². The molecule has 0 spiro atoms. The second-order valence-corrected chi connectivity index (χ2v) is 5.92. The van der Waals surface area contributed by atoms with E-state index in [2.05, 4.69) is 15.9 Å². The van der Waals surface area contributed by atoms with E-state index >= 15 is 0 Å². The number of rotatable bonds is 3. The molecule has 2 rings (SSSR count). The summed E-state index contributed by atoms with van der Waals surface area (Å²) in [5, 5.41) is 10.6. The fourth-order valence-electron chi connectivity index (χ4n) is 2.31. The highest BCUT2D eigenvalue weighted by atomic mass is 79.9. The van der Waals surface area contributed by atoms with Gasteiger partial charge in [-0.05, 0) is 42.7 Å². The van der Waals surface area contributed by atoms with Gasteiger partial charge in [-0.1, -0.05) is 46.3 Å². The lowest BCUT2D eigenvalue weighted by molar-refractivity contribution is 0.0560. The second kappa shape index (κ2) is 5.43. The van der Waals surface area contributed by atoms with Crippen LogP contribution < -0.4 is 0 Å². The lowest BCUT2D eigenvalue weighted by atomic mass is 9.86. The predicted molar refractivity (Wildman–Crippen MR) is 78.6 cm³/mol. The maximum Gasteiger partial charge on any atom is 0.127 e. The first-order valence-electron chi connectivity index (χ1n) is 6.12. The van der Waals surface area contributed by atoms with Crippen molar-refractivity contribution in [3.05, 3.63) is 69.4 Å². The Morgan fingerprint density at radius 2 is 1.89 bits per heavy atom. The van der Waals surface area contributed by atoms with Gasteiger partial charge in [0.2, 0.25) is 0 Å². The summed E-state index contributed by atoms with van der Waals surface area (Å²) >= 11 is 3.23. The van der Waals surface area contributed by atoms with Crippen LogP contribution in [0.5, 0.6) is 0 Å². The number of hydrogen-bond acceptors (Lipinski definition) is 1. The van der Waals surface area contributed by atoms with Gasteiger partial charge in [-0.2, -0.15) is 0 Å². The van der Waals surface area contributed by atoms with E-state index in [1.54, 1.807) is 19.1 Å². The Balaban J connectivity index is 2.33. The Morgan fingerprint density at radius 3 is 2.53 bits per heavy atom. The first kappa shape index (κ1) is 14.2. The molecule has 0 radical (unpaired) electrons. The number of hydrogen-bond donors (Lipinski definition) is 1. The van der Waals surface area contributed by atoms with Crippen molar-refractivity contribution in [2.45, 2.75) is 25.9 Å². The van der Waals surface area contributed by atoms with Crippen LogP contribution in [-0.2, 0) is 12.0 Å². The van der Waals surface area contributed by atoms with Crippen LogP contribution in [0.2, 0.25) is 0 Å². The Morgan fingerprint density at radius 1 is 1.21 bits per heavy atom. The SMILES string of the molecule is Cc1ccccc1C(C)(O)Cc1ccc(Br)cc1F. The van der Waals surface area contributed by atoms with Gasteiger partial charge >= 0.3 is 0 Å². The molecule has 0 bridgehead atoms. The molecule has 0 aliphatic heterocycles. The van der Waals surface area contributed by atoms with Gasteiger partial charge in [-0.15, -0.1) is 0 Å². The molecule has 19 heavy (non-hydrogen) atoms. The highest BCUT2D eigenvalue weighted by Crippen LogP contribution is 2.29. The van der Waals surface area contributed by atoms with E-state index in [4.69, 9.17) is 0 Å². The predicted octanol–water partition coefficient (Wildman–Crippen LogP) is 4.35. The monoisotopic (exact) mass is 322 g/mol. The van der Waals surface area contributed by atoms with Gasteiger partial charge in [0.25, 0.3) is 0 Å². The molecule has 100 valence electrons. The minimum absolute atomic E-state index is 0.247. The van der Waals surface area contributed by atoms with Crippen molar-refractivity contribution in [3.8, 4) is 0 Å². The number of halogens is 2. The minimum atomic E-state index is -1.08. The van der Waals surface area contributed by atoms with Crippen molar-refractivity contribution < 1.29 is 9.50 Å². The Hall–Kier alpha value is -1.19. The zero-order chi connectivity index (χ0) is 14.0. The number of aliphatic hydroxyl groups is 1. The van der Waals surface area contributed by atoms with Crippen LogP contribution in [0.25, 0.3) is 0 Å². The van der Waals surface area contributed by atoms with Crippen molar-refractivity contribution in [1.82, 2.24) is 0 Å². The van der Waals surface area contributed by atoms with Crippen molar-refractivity contribution in [2.75, 3.05) is 0 Å². The standard InChI is InChI=1S/C16H16BrFO/c1-11-5-3-4-6-14(11)16(2,19)10-12-7-8-13(17)9-15(12)18/h3-9,19H,10H2,1-2H3. The molecule has 2 aromatic carbocycles. The highest BCUT2D eigenvalue weighted by molar-refractivity contribution is 9.10. The fraction of sp³-hybridized carbons (Fsp3) is 0.250. The maximum absolute atomic E-state index is 13.9. The largest absolute Gasteiger partial charge is 0.385 e. The summed E-state index contributed by atoms with van der Waals surface area (Å²) in [5.41, 5.74) is 1.26. The summed E-state index contributed by atoms with van der Waals surface area (Å²) in [6.07, 6.45) is 0.247. The number of aryl methyl sites for hydroxylation is 1. The van der Waals surface area contributed by atoms with Crippen LogP contribution >= 0.6 is 15.9 Å². The van der Waals surface area contributed by atoms with E-state index in [1.807, 2.05) is 31.2 Å². The molecule has 0 heterocycles. The van der Waals surface area contributed by atoms with Crippen LogP contribution in [0.15, 0.2) is 46.9 Å². The lowest BCUT2D eigenvalue weighted by Gasteiger charge is -2.26. The highest BCUT2D eigenvalue weighted by Gasteiger charge is 2.26. The van der Waals surface area contributed by atoms with Gasteiger partial charge in [0.1, 0.15) is 5.82 Å². The van der Waals surface area contributed by atoms with Crippen LogP contribution in [0.3, 0.4) is 0 Å². The molecule has 0 aliphatic rings. The molecule has 2 aromatic rings. The summed E-state index contributed by atoms with van der Waals surface area (Å²) in [4.78, 5) is 0. The van der Waals surface area contributed by atoms with Crippen LogP contribution in [0, 0.1) is 12.7 Å². The van der Waals surface area contributed by atoms with E-state index < -0.39 is 5.60 Å². The zero-order valence-electron chi connectivity index (χ0n) is 11.0. The molecule has 0 aliphatic carbocycles. The fourth-order valence-corrected chi connectivity index (χ4v) is 2.64. The van der Waals surface area contributed by atoms with Gasteiger partial charge in [0.05, 0.1) is 5.60 Å². The topological polar surface area (TPSA) is 20.2 Å².